The maximum Gasteiger partial charge on any atom is 0.306 e. The number of carbonyl (C=O) groups is 2. The fourth-order valence-electron chi connectivity index (χ4n) is 2.66. The molecule has 1 aromatic carbocycles. The average molecular weight is 352 g/mol. The van der Waals surface area contributed by atoms with E-state index in [0.29, 0.717) is 36.4 Å². The largest absolute Gasteiger partial charge is 0.481 e. The second-order valence-corrected chi connectivity index (χ2v) is 7.63. The number of aliphatic carboxylic acids is 1. The Balaban J connectivity index is 2.25. The number of nitro groups is 1. The van der Waals surface area contributed by atoms with Crippen LogP contribution in [0.25, 0.3) is 0 Å². The normalized spacial score (nSPS) is 15.5. The molecule has 0 radical (unpaired) electrons. The second-order valence-electron chi connectivity index (χ2n) is 6.01. The summed E-state index contributed by atoms with van der Waals surface area (Å²) in [6.07, 6.45) is 0.811. The summed E-state index contributed by atoms with van der Waals surface area (Å²) in [6, 6.07) is 4.33. The molecule has 1 saturated heterocycles. The first kappa shape index (κ1) is 18.3. The van der Waals surface area contributed by atoms with E-state index in [1.54, 1.807) is 11.0 Å². The van der Waals surface area contributed by atoms with Crippen LogP contribution in [0.4, 0.5) is 5.69 Å². The predicted molar refractivity (Wildman–Crippen MR) is 90.4 cm³/mol. The Labute approximate surface area is 144 Å². The molecule has 130 valence electrons. The molecule has 0 aliphatic carbocycles. The molecule has 1 aliphatic heterocycles. The molecule has 0 bridgehead atoms. The number of benzene rings is 1. The van der Waals surface area contributed by atoms with Crippen molar-refractivity contribution in [3.63, 3.8) is 0 Å². The van der Waals surface area contributed by atoms with Gasteiger partial charge < -0.3 is 10.0 Å². The third-order valence-corrected chi connectivity index (χ3v) is 4.98. The number of hydrogen-bond acceptors (Lipinski definition) is 5. The van der Waals surface area contributed by atoms with Gasteiger partial charge in [0.05, 0.1) is 16.4 Å². The smallest absolute Gasteiger partial charge is 0.306 e. The fraction of sp³-hybridized carbons (Fsp3) is 0.500. The number of likely N-dealkylation sites (tertiary alicyclic amines) is 1. The van der Waals surface area contributed by atoms with E-state index in [-0.39, 0.29) is 16.8 Å². The molecule has 0 spiro atoms. The van der Waals surface area contributed by atoms with Gasteiger partial charge >= 0.3 is 5.97 Å². The van der Waals surface area contributed by atoms with Gasteiger partial charge in [-0.2, -0.15) is 0 Å². The van der Waals surface area contributed by atoms with E-state index >= 15 is 0 Å². The minimum atomic E-state index is -0.839. The molecule has 0 unspecified atom stereocenters. The summed E-state index contributed by atoms with van der Waals surface area (Å²) < 4.78 is 0. The Morgan fingerprint density at radius 1 is 1.33 bits per heavy atom. The molecule has 1 amide bonds. The number of hydrogen-bond donors (Lipinski definition) is 1. The van der Waals surface area contributed by atoms with E-state index in [4.69, 9.17) is 5.11 Å². The quantitative estimate of drug-likeness (QED) is 0.496. The molecule has 1 heterocycles. The van der Waals surface area contributed by atoms with Crippen molar-refractivity contribution in [3.05, 3.63) is 33.9 Å². The van der Waals surface area contributed by atoms with E-state index in [2.05, 4.69) is 0 Å². The minimum absolute atomic E-state index is 0.119. The molecule has 1 N–H and O–H groups in total. The third-order valence-electron chi connectivity index (χ3n) is 3.90. The highest BCUT2D eigenvalue weighted by Gasteiger charge is 2.29. The summed E-state index contributed by atoms with van der Waals surface area (Å²) in [4.78, 5) is 36.6. The van der Waals surface area contributed by atoms with E-state index in [0.717, 1.165) is 0 Å². The summed E-state index contributed by atoms with van der Waals surface area (Å²) in [5.41, 5.74) is 0.198. The Morgan fingerprint density at radius 3 is 2.46 bits per heavy atom. The van der Waals surface area contributed by atoms with Crippen LogP contribution in [-0.4, -0.2) is 45.1 Å². The number of carbonyl (C=O) groups excluding carboxylic acids is 1. The first-order valence-corrected chi connectivity index (χ1v) is 8.64. The lowest BCUT2D eigenvalue weighted by molar-refractivity contribution is -0.384. The molecule has 0 atom stereocenters. The number of nitrogens with zero attached hydrogens (tertiary/aromatic N) is 2. The van der Waals surface area contributed by atoms with E-state index in [1.807, 2.05) is 13.8 Å². The number of amides is 1. The summed E-state index contributed by atoms with van der Waals surface area (Å²) in [6.45, 7) is 4.67. The zero-order chi connectivity index (χ0) is 17.9. The Kier molecular flexibility index (Phi) is 5.82. The summed E-state index contributed by atoms with van der Waals surface area (Å²) in [7, 11) is 0. The van der Waals surface area contributed by atoms with Crippen LogP contribution in [0.3, 0.4) is 0 Å². The van der Waals surface area contributed by atoms with E-state index < -0.39 is 16.8 Å². The Hall–Kier alpha value is -2.09. The van der Waals surface area contributed by atoms with Gasteiger partial charge in [-0.1, -0.05) is 13.8 Å². The molecule has 1 fully saturated rings. The SMILES string of the molecule is CC(C)Sc1ccc([N+](=O)[O-])cc1C(=O)N1CCC(C(=O)O)CC1. The standard InChI is InChI=1S/C16H20N2O5S/c1-10(2)24-14-4-3-12(18(22)23)9-13(14)15(19)17-7-5-11(6-8-17)16(20)21/h3-4,9-11H,5-8H2,1-2H3,(H,20,21). The molecule has 0 aromatic heterocycles. The Bertz CT molecular complexity index is 654. The number of rotatable bonds is 5. The maximum absolute atomic E-state index is 12.8. The van der Waals surface area contributed by atoms with Crippen LogP contribution >= 0.6 is 11.8 Å². The van der Waals surface area contributed by atoms with Crippen LogP contribution in [0.5, 0.6) is 0 Å². The number of non-ortho nitro benzene ring substituents is 1. The van der Waals surface area contributed by atoms with E-state index in [1.165, 1.54) is 23.9 Å². The van der Waals surface area contributed by atoms with Crippen molar-refractivity contribution in [2.24, 2.45) is 5.92 Å². The zero-order valence-electron chi connectivity index (χ0n) is 13.6. The maximum atomic E-state index is 12.8. The lowest BCUT2D eigenvalue weighted by atomic mass is 9.96. The lowest BCUT2D eigenvalue weighted by Gasteiger charge is -2.30. The van der Waals surface area contributed by atoms with Gasteiger partial charge in [-0.05, 0) is 18.9 Å². The summed E-state index contributed by atoms with van der Waals surface area (Å²) in [5, 5.41) is 20.3. The van der Waals surface area contributed by atoms with Gasteiger partial charge in [-0.3, -0.25) is 19.7 Å². The van der Waals surface area contributed by atoms with Crippen molar-refractivity contribution >= 4 is 29.3 Å². The van der Waals surface area contributed by atoms with Gasteiger partial charge in [-0.15, -0.1) is 11.8 Å². The van der Waals surface area contributed by atoms with Gasteiger partial charge in [-0.25, -0.2) is 0 Å². The number of carboxylic acid groups (broad SMARTS) is 1. The molecule has 8 heteroatoms. The minimum Gasteiger partial charge on any atom is -0.481 e. The van der Waals surface area contributed by atoms with Crippen molar-refractivity contribution in [2.45, 2.75) is 36.8 Å². The van der Waals surface area contributed by atoms with Crippen molar-refractivity contribution in [3.8, 4) is 0 Å². The van der Waals surface area contributed by atoms with Crippen molar-refractivity contribution < 1.29 is 19.6 Å². The first-order valence-electron chi connectivity index (χ1n) is 7.76. The molecule has 7 nitrogen and oxygen atoms in total. The molecular weight excluding hydrogens is 332 g/mol. The van der Waals surface area contributed by atoms with Gasteiger partial charge in [0.2, 0.25) is 0 Å². The molecule has 2 rings (SSSR count). The number of nitro benzene ring substituents is 1. The highest BCUT2D eigenvalue weighted by Crippen LogP contribution is 2.31. The highest BCUT2D eigenvalue weighted by atomic mass is 32.2. The molecule has 0 saturated carbocycles. The number of thioether (sulfide) groups is 1. The van der Waals surface area contributed by atoms with Gasteiger partial charge in [0.15, 0.2) is 0 Å². The topological polar surface area (TPSA) is 101 Å². The molecular formula is C16H20N2O5S. The first-order chi connectivity index (χ1) is 11.3. The highest BCUT2D eigenvalue weighted by molar-refractivity contribution is 8.00. The summed E-state index contributed by atoms with van der Waals surface area (Å²) >= 11 is 1.48. The summed E-state index contributed by atoms with van der Waals surface area (Å²) in [5.74, 6) is -1.54. The van der Waals surface area contributed by atoms with Gasteiger partial charge in [0.25, 0.3) is 11.6 Å². The van der Waals surface area contributed by atoms with Gasteiger partial charge in [0, 0.05) is 35.4 Å². The van der Waals surface area contributed by atoms with Crippen LogP contribution in [0.15, 0.2) is 23.1 Å². The second kappa shape index (κ2) is 7.65. The fourth-order valence-corrected chi connectivity index (χ4v) is 3.58. The average Bonchev–Trinajstić information content (AvgIpc) is 2.54. The molecule has 24 heavy (non-hydrogen) atoms. The monoisotopic (exact) mass is 352 g/mol. The van der Waals surface area contributed by atoms with Crippen molar-refractivity contribution in [2.75, 3.05) is 13.1 Å². The zero-order valence-corrected chi connectivity index (χ0v) is 14.4. The predicted octanol–water partition coefficient (Wildman–Crippen LogP) is 3.03. The van der Waals surface area contributed by atoms with Crippen LogP contribution < -0.4 is 0 Å². The van der Waals surface area contributed by atoms with Crippen molar-refractivity contribution in [1.82, 2.24) is 4.90 Å². The van der Waals surface area contributed by atoms with Crippen LogP contribution in [0, 0.1) is 16.0 Å². The van der Waals surface area contributed by atoms with Gasteiger partial charge in [0.1, 0.15) is 0 Å². The van der Waals surface area contributed by atoms with Crippen LogP contribution in [0.2, 0.25) is 0 Å². The number of piperidine rings is 1. The number of carboxylic acids is 1. The molecule has 1 aliphatic rings. The molecule has 1 aromatic rings. The third kappa shape index (κ3) is 4.25. The Morgan fingerprint density at radius 2 is 1.96 bits per heavy atom. The lowest BCUT2D eigenvalue weighted by Crippen LogP contribution is -2.40. The van der Waals surface area contributed by atoms with E-state index in [9.17, 15) is 19.7 Å². The van der Waals surface area contributed by atoms with Crippen molar-refractivity contribution in [1.29, 1.82) is 0 Å². The van der Waals surface area contributed by atoms with Crippen LogP contribution in [0.1, 0.15) is 37.0 Å². The van der Waals surface area contributed by atoms with Crippen LogP contribution in [-0.2, 0) is 4.79 Å².